The average Bonchev–Trinajstić information content (AvgIpc) is 2.30. The van der Waals surface area contributed by atoms with Crippen molar-refractivity contribution in [1.82, 2.24) is 0 Å². The number of Topliss-reactive ketones (excluding diaryl/α,β-unsaturated/α-hetero) is 1. The number of hydrogen-bond acceptors (Lipinski definition) is 3. The second kappa shape index (κ2) is 3.03. The largest absolute Gasteiger partial charge is 0.392 e. The first-order valence-corrected chi connectivity index (χ1v) is 3.91. The molecule has 0 aromatic carbocycles. The summed E-state index contributed by atoms with van der Waals surface area (Å²) in [5.41, 5.74) is 0.597. The van der Waals surface area contributed by atoms with Crippen LogP contribution in [-0.2, 0) is 9.63 Å². The van der Waals surface area contributed by atoms with Crippen molar-refractivity contribution < 1.29 is 9.63 Å². The first kappa shape index (κ1) is 8.24. The first-order valence-electron chi connectivity index (χ1n) is 3.91. The first-order chi connectivity index (χ1) is 5.16. The summed E-state index contributed by atoms with van der Waals surface area (Å²) in [4.78, 5) is 15.9. The van der Waals surface area contributed by atoms with Gasteiger partial charge >= 0.3 is 0 Å². The smallest absolute Gasteiger partial charge is 0.177 e. The summed E-state index contributed by atoms with van der Waals surface area (Å²) in [5.74, 6) is 0.230. The Hall–Kier alpha value is -0.860. The van der Waals surface area contributed by atoms with Crippen molar-refractivity contribution in [2.45, 2.75) is 33.3 Å². The average molecular weight is 155 g/mol. The predicted molar refractivity (Wildman–Crippen MR) is 42.4 cm³/mol. The van der Waals surface area contributed by atoms with Crippen LogP contribution in [0.5, 0.6) is 0 Å². The third-order valence-corrected chi connectivity index (χ3v) is 2.04. The molecule has 0 spiro atoms. The lowest BCUT2D eigenvalue weighted by atomic mass is 9.94. The Bertz CT molecular complexity index is 198. The maximum absolute atomic E-state index is 11.0. The molecule has 0 fully saturated rings. The van der Waals surface area contributed by atoms with E-state index in [0.717, 1.165) is 6.42 Å². The number of ketones is 1. The highest BCUT2D eigenvalue weighted by Gasteiger charge is 2.31. The van der Waals surface area contributed by atoms with Crippen LogP contribution in [0.2, 0.25) is 0 Å². The monoisotopic (exact) mass is 155 g/mol. The SMILES string of the molecule is CCC1C(C(C)=O)=NOC1C. The Balaban J connectivity index is 2.73. The Morgan fingerprint density at radius 3 is 2.73 bits per heavy atom. The van der Waals surface area contributed by atoms with E-state index in [0.29, 0.717) is 5.71 Å². The Labute approximate surface area is 66.4 Å². The van der Waals surface area contributed by atoms with Gasteiger partial charge in [0.15, 0.2) is 5.78 Å². The second-order valence-corrected chi connectivity index (χ2v) is 2.86. The second-order valence-electron chi connectivity index (χ2n) is 2.86. The van der Waals surface area contributed by atoms with Crippen molar-refractivity contribution in [3.05, 3.63) is 0 Å². The van der Waals surface area contributed by atoms with Crippen molar-refractivity contribution >= 4 is 11.5 Å². The summed E-state index contributed by atoms with van der Waals surface area (Å²) in [6.07, 6.45) is 0.985. The van der Waals surface area contributed by atoms with Crippen molar-refractivity contribution in [1.29, 1.82) is 0 Å². The van der Waals surface area contributed by atoms with E-state index in [4.69, 9.17) is 4.84 Å². The normalized spacial score (nSPS) is 29.5. The van der Waals surface area contributed by atoms with Crippen LogP contribution in [0.25, 0.3) is 0 Å². The van der Waals surface area contributed by atoms with Crippen LogP contribution >= 0.6 is 0 Å². The zero-order chi connectivity index (χ0) is 8.43. The number of nitrogens with zero attached hydrogens (tertiary/aromatic N) is 1. The number of hydrogen-bond donors (Lipinski definition) is 0. The third-order valence-electron chi connectivity index (χ3n) is 2.04. The van der Waals surface area contributed by atoms with Gasteiger partial charge in [-0.3, -0.25) is 4.79 Å². The van der Waals surface area contributed by atoms with E-state index in [-0.39, 0.29) is 17.8 Å². The van der Waals surface area contributed by atoms with E-state index < -0.39 is 0 Å². The molecule has 0 saturated heterocycles. The number of carbonyl (C=O) groups is 1. The highest BCUT2D eigenvalue weighted by atomic mass is 16.6. The molecule has 62 valence electrons. The van der Waals surface area contributed by atoms with Gasteiger partial charge in [0.05, 0.1) is 0 Å². The molecule has 0 aliphatic carbocycles. The number of oxime groups is 1. The molecule has 0 amide bonds. The van der Waals surface area contributed by atoms with Crippen LogP contribution in [0.1, 0.15) is 27.2 Å². The van der Waals surface area contributed by atoms with Crippen LogP contribution in [0.3, 0.4) is 0 Å². The van der Waals surface area contributed by atoms with Crippen LogP contribution in [0.4, 0.5) is 0 Å². The van der Waals surface area contributed by atoms with Crippen LogP contribution in [0.15, 0.2) is 5.16 Å². The molecule has 2 unspecified atom stereocenters. The Morgan fingerprint density at radius 2 is 2.36 bits per heavy atom. The summed E-state index contributed by atoms with van der Waals surface area (Å²) in [6, 6.07) is 0. The molecular weight excluding hydrogens is 142 g/mol. The molecule has 1 aliphatic rings. The van der Waals surface area contributed by atoms with Crippen LogP contribution in [0, 0.1) is 5.92 Å². The highest BCUT2D eigenvalue weighted by molar-refractivity contribution is 6.40. The van der Waals surface area contributed by atoms with Gasteiger partial charge < -0.3 is 4.84 Å². The van der Waals surface area contributed by atoms with Gasteiger partial charge in [-0.05, 0) is 13.3 Å². The topological polar surface area (TPSA) is 38.7 Å². The minimum Gasteiger partial charge on any atom is -0.392 e. The van der Waals surface area contributed by atoms with Crippen LogP contribution < -0.4 is 0 Å². The van der Waals surface area contributed by atoms with Gasteiger partial charge in [0.25, 0.3) is 0 Å². The molecular formula is C8H13NO2. The van der Waals surface area contributed by atoms with Gasteiger partial charge in [0.1, 0.15) is 11.8 Å². The fraction of sp³-hybridized carbons (Fsp3) is 0.750. The molecule has 0 bridgehead atoms. The standard InChI is InChI=1S/C8H13NO2/c1-4-7-6(3)11-9-8(7)5(2)10/h6-7H,4H2,1-3H3. The van der Waals surface area contributed by atoms with E-state index in [9.17, 15) is 4.79 Å². The van der Waals surface area contributed by atoms with Gasteiger partial charge in [-0.15, -0.1) is 0 Å². The maximum Gasteiger partial charge on any atom is 0.177 e. The van der Waals surface area contributed by atoms with Crippen molar-refractivity contribution in [2.24, 2.45) is 11.1 Å². The summed E-state index contributed by atoms with van der Waals surface area (Å²) in [6.45, 7) is 5.50. The van der Waals surface area contributed by atoms with E-state index in [1.54, 1.807) is 0 Å². The van der Waals surface area contributed by atoms with Crippen molar-refractivity contribution in [3.8, 4) is 0 Å². The molecule has 3 heteroatoms. The third kappa shape index (κ3) is 1.42. The molecule has 0 aromatic rings. The summed E-state index contributed by atoms with van der Waals surface area (Å²) in [7, 11) is 0. The predicted octanol–water partition coefficient (Wildman–Crippen LogP) is 1.38. The lowest BCUT2D eigenvalue weighted by Gasteiger charge is -2.10. The van der Waals surface area contributed by atoms with Gasteiger partial charge in [0.2, 0.25) is 0 Å². The van der Waals surface area contributed by atoms with E-state index in [2.05, 4.69) is 5.16 Å². The minimum absolute atomic E-state index is 0.0289. The summed E-state index contributed by atoms with van der Waals surface area (Å²) < 4.78 is 0. The molecule has 3 nitrogen and oxygen atoms in total. The van der Waals surface area contributed by atoms with Crippen molar-refractivity contribution in [2.75, 3.05) is 0 Å². The van der Waals surface area contributed by atoms with E-state index in [1.165, 1.54) is 6.92 Å². The van der Waals surface area contributed by atoms with E-state index in [1.807, 2.05) is 13.8 Å². The van der Waals surface area contributed by atoms with Gasteiger partial charge in [-0.2, -0.15) is 0 Å². The zero-order valence-corrected chi connectivity index (χ0v) is 7.13. The Kier molecular flexibility index (Phi) is 2.27. The van der Waals surface area contributed by atoms with Gasteiger partial charge in [0, 0.05) is 12.8 Å². The molecule has 2 atom stereocenters. The van der Waals surface area contributed by atoms with E-state index >= 15 is 0 Å². The molecule has 0 N–H and O–H groups in total. The van der Waals surface area contributed by atoms with Crippen LogP contribution in [-0.4, -0.2) is 17.6 Å². The molecule has 1 rings (SSSR count). The Morgan fingerprint density at radius 1 is 1.73 bits per heavy atom. The highest BCUT2D eigenvalue weighted by Crippen LogP contribution is 2.21. The molecule has 0 radical (unpaired) electrons. The minimum atomic E-state index is 0.0289. The molecule has 1 heterocycles. The van der Waals surface area contributed by atoms with Gasteiger partial charge in [-0.1, -0.05) is 12.1 Å². The molecule has 1 aliphatic heterocycles. The maximum atomic E-state index is 11.0. The quantitative estimate of drug-likeness (QED) is 0.604. The fourth-order valence-corrected chi connectivity index (χ4v) is 1.35. The fourth-order valence-electron chi connectivity index (χ4n) is 1.35. The summed E-state index contributed by atoms with van der Waals surface area (Å²) in [5, 5.41) is 3.74. The molecule has 0 saturated carbocycles. The number of carbonyl (C=O) groups excluding carboxylic acids is 1. The lowest BCUT2D eigenvalue weighted by Crippen LogP contribution is -2.24. The summed E-state index contributed by atoms with van der Waals surface area (Å²) >= 11 is 0. The lowest BCUT2D eigenvalue weighted by molar-refractivity contribution is -0.111. The molecule has 0 aromatic heterocycles. The van der Waals surface area contributed by atoms with Gasteiger partial charge in [-0.25, -0.2) is 0 Å². The van der Waals surface area contributed by atoms with Crippen molar-refractivity contribution in [3.63, 3.8) is 0 Å². The zero-order valence-electron chi connectivity index (χ0n) is 7.13. The number of rotatable bonds is 2. The molecule has 11 heavy (non-hydrogen) atoms.